The van der Waals surface area contributed by atoms with Crippen LogP contribution in [0.5, 0.6) is 5.75 Å². The van der Waals surface area contributed by atoms with Crippen LogP contribution < -0.4 is 10.5 Å². The highest BCUT2D eigenvalue weighted by atomic mass is 35.5. The zero-order chi connectivity index (χ0) is 13.9. The monoisotopic (exact) mass is 302 g/mol. The van der Waals surface area contributed by atoms with E-state index in [-0.39, 0.29) is 5.41 Å². The number of halogens is 2. The first kappa shape index (κ1) is 14.9. The number of likely N-dealkylation sites (tertiary alicyclic amines) is 1. The molecule has 2 rings (SSSR count). The van der Waals surface area contributed by atoms with Crippen LogP contribution in [0.25, 0.3) is 0 Å². The highest BCUT2D eigenvalue weighted by molar-refractivity contribution is 6.34. The van der Waals surface area contributed by atoms with Crippen LogP contribution in [-0.2, 0) is 0 Å². The van der Waals surface area contributed by atoms with Crippen LogP contribution in [0.3, 0.4) is 0 Å². The smallest absolute Gasteiger partial charge is 0.122 e. The van der Waals surface area contributed by atoms with Crippen LogP contribution in [0.2, 0.25) is 10.0 Å². The van der Waals surface area contributed by atoms with E-state index in [0.717, 1.165) is 38.3 Å². The molecule has 19 heavy (non-hydrogen) atoms. The van der Waals surface area contributed by atoms with E-state index in [9.17, 15) is 0 Å². The minimum absolute atomic E-state index is 0.263. The predicted molar refractivity (Wildman–Crippen MR) is 80.2 cm³/mol. The van der Waals surface area contributed by atoms with Gasteiger partial charge in [-0.2, -0.15) is 0 Å². The molecule has 0 amide bonds. The number of ether oxygens (including phenoxy) is 1. The molecule has 1 aromatic rings. The van der Waals surface area contributed by atoms with Gasteiger partial charge in [-0.3, -0.25) is 4.90 Å². The summed E-state index contributed by atoms with van der Waals surface area (Å²) in [5.74, 6) is 0.721. The fraction of sp³-hybridized carbons (Fsp3) is 0.571. The molecule has 1 atom stereocenters. The van der Waals surface area contributed by atoms with Gasteiger partial charge in [-0.25, -0.2) is 0 Å². The summed E-state index contributed by atoms with van der Waals surface area (Å²) in [6.07, 6.45) is 1.16. The van der Waals surface area contributed by atoms with Gasteiger partial charge in [-0.05, 0) is 43.1 Å². The van der Waals surface area contributed by atoms with Gasteiger partial charge in [0.15, 0.2) is 0 Å². The third-order valence-electron chi connectivity index (χ3n) is 3.64. The normalized spacial score (nSPS) is 23.8. The number of nitrogens with two attached hydrogens (primary N) is 1. The summed E-state index contributed by atoms with van der Waals surface area (Å²) in [6, 6.07) is 5.26. The number of benzene rings is 1. The van der Waals surface area contributed by atoms with E-state index in [1.807, 2.05) is 0 Å². The van der Waals surface area contributed by atoms with Crippen LogP contribution in [0, 0.1) is 5.41 Å². The summed E-state index contributed by atoms with van der Waals surface area (Å²) in [6.45, 7) is 6.66. The van der Waals surface area contributed by atoms with Crippen LogP contribution in [0.4, 0.5) is 0 Å². The molecule has 1 aliphatic rings. The fourth-order valence-corrected chi connectivity index (χ4v) is 2.89. The van der Waals surface area contributed by atoms with E-state index in [0.29, 0.717) is 16.7 Å². The molecule has 1 aliphatic heterocycles. The van der Waals surface area contributed by atoms with Crippen molar-refractivity contribution in [2.24, 2.45) is 11.1 Å². The van der Waals surface area contributed by atoms with Crippen molar-refractivity contribution in [3.05, 3.63) is 28.2 Å². The number of rotatable bonds is 5. The first-order valence-corrected chi connectivity index (χ1v) is 7.28. The van der Waals surface area contributed by atoms with Gasteiger partial charge < -0.3 is 10.5 Å². The first-order valence-electron chi connectivity index (χ1n) is 6.52. The Morgan fingerprint density at radius 1 is 1.32 bits per heavy atom. The zero-order valence-corrected chi connectivity index (χ0v) is 12.7. The quantitative estimate of drug-likeness (QED) is 0.908. The molecule has 0 aliphatic carbocycles. The lowest BCUT2D eigenvalue weighted by molar-refractivity contribution is 0.219. The highest BCUT2D eigenvalue weighted by Crippen LogP contribution is 2.28. The standard InChI is InChI=1S/C14H20Cl2N2O/c1-14(9-17)2-3-18(10-14)4-5-19-13-7-11(15)6-12(16)8-13/h6-8H,2-5,9-10,17H2,1H3. The van der Waals surface area contributed by atoms with E-state index in [2.05, 4.69) is 11.8 Å². The van der Waals surface area contributed by atoms with Crippen LogP contribution >= 0.6 is 23.2 Å². The molecule has 0 spiro atoms. The van der Waals surface area contributed by atoms with E-state index in [1.165, 1.54) is 0 Å². The summed E-state index contributed by atoms with van der Waals surface area (Å²) < 4.78 is 5.69. The lowest BCUT2D eigenvalue weighted by Gasteiger charge is -2.22. The van der Waals surface area contributed by atoms with Gasteiger partial charge >= 0.3 is 0 Å². The molecular formula is C14H20Cl2N2O. The van der Waals surface area contributed by atoms with Gasteiger partial charge in [-0.1, -0.05) is 30.1 Å². The third kappa shape index (κ3) is 4.25. The van der Waals surface area contributed by atoms with Gasteiger partial charge in [0.1, 0.15) is 12.4 Å². The van der Waals surface area contributed by atoms with Crippen molar-refractivity contribution in [3.63, 3.8) is 0 Å². The van der Waals surface area contributed by atoms with E-state index >= 15 is 0 Å². The second kappa shape index (κ2) is 6.31. The molecule has 1 aromatic carbocycles. The predicted octanol–water partition coefficient (Wildman–Crippen LogP) is 3.04. The van der Waals surface area contributed by atoms with Crippen LogP contribution in [-0.4, -0.2) is 37.7 Å². The van der Waals surface area contributed by atoms with Crippen molar-refractivity contribution < 1.29 is 4.74 Å². The molecule has 1 saturated heterocycles. The molecular weight excluding hydrogens is 283 g/mol. The Kier molecular flexibility index (Phi) is 4.96. The summed E-state index contributed by atoms with van der Waals surface area (Å²) in [7, 11) is 0. The summed E-state index contributed by atoms with van der Waals surface area (Å²) >= 11 is 11.8. The average Bonchev–Trinajstić information content (AvgIpc) is 2.71. The first-order chi connectivity index (χ1) is 9.00. The van der Waals surface area contributed by atoms with Crippen molar-refractivity contribution in [2.75, 3.05) is 32.8 Å². The maximum absolute atomic E-state index is 5.92. The Hall–Kier alpha value is -0.480. The molecule has 0 saturated carbocycles. The molecule has 2 N–H and O–H groups in total. The van der Waals surface area contributed by atoms with Gasteiger partial charge in [0.25, 0.3) is 0 Å². The molecule has 0 radical (unpaired) electrons. The molecule has 0 bridgehead atoms. The van der Waals surface area contributed by atoms with Crippen molar-refractivity contribution in [1.29, 1.82) is 0 Å². The fourth-order valence-electron chi connectivity index (χ4n) is 2.39. The van der Waals surface area contributed by atoms with Crippen molar-refractivity contribution in [3.8, 4) is 5.75 Å². The minimum Gasteiger partial charge on any atom is -0.492 e. The second-order valence-corrected chi connectivity index (χ2v) is 6.37. The molecule has 106 valence electrons. The van der Waals surface area contributed by atoms with Crippen molar-refractivity contribution in [2.45, 2.75) is 13.3 Å². The Bertz CT molecular complexity index is 421. The van der Waals surface area contributed by atoms with E-state index in [4.69, 9.17) is 33.7 Å². The van der Waals surface area contributed by atoms with Gasteiger partial charge in [-0.15, -0.1) is 0 Å². The van der Waals surface area contributed by atoms with E-state index in [1.54, 1.807) is 18.2 Å². The molecule has 1 heterocycles. The summed E-state index contributed by atoms with van der Waals surface area (Å²) in [4.78, 5) is 2.39. The van der Waals surface area contributed by atoms with Gasteiger partial charge in [0, 0.05) is 23.1 Å². The van der Waals surface area contributed by atoms with Gasteiger partial charge in [0.05, 0.1) is 0 Å². The van der Waals surface area contributed by atoms with E-state index < -0.39 is 0 Å². The summed E-state index contributed by atoms with van der Waals surface area (Å²) in [5.41, 5.74) is 6.06. The number of nitrogens with zero attached hydrogens (tertiary/aromatic N) is 1. The zero-order valence-electron chi connectivity index (χ0n) is 11.2. The Morgan fingerprint density at radius 3 is 2.58 bits per heavy atom. The molecule has 3 nitrogen and oxygen atoms in total. The molecule has 5 heteroatoms. The van der Waals surface area contributed by atoms with Gasteiger partial charge in [0.2, 0.25) is 0 Å². The topological polar surface area (TPSA) is 38.5 Å². The Labute approximate surface area is 124 Å². The maximum Gasteiger partial charge on any atom is 0.122 e. The second-order valence-electron chi connectivity index (χ2n) is 5.49. The SMILES string of the molecule is CC1(CN)CCN(CCOc2cc(Cl)cc(Cl)c2)C1. The van der Waals surface area contributed by atoms with Crippen molar-refractivity contribution in [1.82, 2.24) is 4.90 Å². The average molecular weight is 303 g/mol. The third-order valence-corrected chi connectivity index (χ3v) is 4.08. The lowest BCUT2D eigenvalue weighted by atomic mass is 9.90. The summed E-state index contributed by atoms with van der Waals surface area (Å²) in [5, 5.41) is 1.19. The molecule has 1 unspecified atom stereocenters. The molecule has 1 fully saturated rings. The largest absolute Gasteiger partial charge is 0.492 e. The highest BCUT2D eigenvalue weighted by Gasteiger charge is 2.31. The number of hydrogen-bond donors (Lipinski definition) is 1. The van der Waals surface area contributed by atoms with Crippen LogP contribution in [0.1, 0.15) is 13.3 Å². The minimum atomic E-state index is 0.263. The lowest BCUT2D eigenvalue weighted by Crippen LogP contribution is -2.33. The Morgan fingerprint density at radius 2 is 2.00 bits per heavy atom. The maximum atomic E-state index is 5.92. The Balaban J connectivity index is 1.78. The van der Waals surface area contributed by atoms with Crippen molar-refractivity contribution >= 4 is 23.2 Å². The number of hydrogen-bond acceptors (Lipinski definition) is 3. The molecule has 0 aromatic heterocycles. The van der Waals surface area contributed by atoms with Crippen LogP contribution in [0.15, 0.2) is 18.2 Å².